The van der Waals surface area contributed by atoms with Gasteiger partial charge >= 0.3 is 0 Å². The van der Waals surface area contributed by atoms with Crippen molar-refractivity contribution in [3.05, 3.63) is 94.5 Å². The number of hydrogen-bond acceptors (Lipinski definition) is 2. The standard InChI is InChI=1S/C33H38N2/c1-5-7-25-10-13-27(14-11-25)31-15-12-26(16-23(31)3)17-30-19-29(32-21-34-20-24(4)35-32)18-28-9-6-8-22(2)33(28)30/h6,9,12,15-16,18-21,25,27H,2,5,7-8,10-11,13-14,17H2,1,3-4H3. The van der Waals surface area contributed by atoms with E-state index in [9.17, 15) is 0 Å². The smallest absolute Gasteiger partial charge is 0.0888 e. The molecule has 2 aromatic carbocycles. The number of hydrogen-bond donors (Lipinski definition) is 0. The third kappa shape index (κ3) is 5.17. The van der Waals surface area contributed by atoms with Crippen molar-refractivity contribution < 1.29 is 0 Å². The molecule has 0 radical (unpaired) electrons. The molecule has 1 fully saturated rings. The normalized spacial score (nSPS) is 19.6. The van der Waals surface area contributed by atoms with E-state index >= 15 is 0 Å². The molecule has 2 heteroatoms. The molecule has 0 spiro atoms. The molecule has 0 unspecified atom stereocenters. The van der Waals surface area contributed by atoms with Gasteiger partial charge in [0.15, 0.2) is 0 Å². The van der Waals surface area contributed by atoms with Crippen LogP contribution in [0.2, 0.25) is 0 Å². The molecule has 1 saturated carbocycles. The zero-order valence-electron chi connectivity index (χ0n) is 21.6. The molecule has 5 rings (SSSR count). The quantitative estimate of drug-likeness (QED) is 0.365. The van der Waals surface area contributed by atoms with Crippen molar-refractivity contribution >= 4 is 11.6 Å². The fourth-order valence-corrected chi connectivity index (χ4v) is 6.31. The average Bonchev–Trinajstić information content (AvgIpc) is 2.85. The van der Waals surface area contributed by atoms with Gasteiger partial charge in [-0.25, -0.2) is 4.98 Å². The summed E-state index contributed by atoms with van der Waals surface area (Å²) in [6.45, 7) is 11.0. The van der Waals surface area contributed by atoms with E-state index in [1.165, 1.54) is 71.9 Å². The summed E-state index contributed by atoms with van der Waals surface area (Å²) in [6.07, 6.45) is 18.2. The summed E-state index contributed by atoms with van der Waals surface area (Å²) in [5.74, 6) is 1.69. The lowest BCUT2D eigenvalue weighted by atomic mass is 9.76. The van der Waals surface area contributed by atoms with Crippen LogP contribution in [0.4, 0.5) is 0 Å². The van der Waals surface area contributed by atoms with E-state index < -0.39 is 0 Å². The first kappa shape index (κ1) is 23.7. The summed E-state index contributed by atoms with van der Waals surface area (Å²) >= 11 is 0. The van der Waals surface area contributed by atoms with Crippen molar-refractivity contribution in [1.82, 2.24) is 9.97 Å². The van der Waals surface area contributed by atoms with Gasteiger partial charge in [0.25, 0.3) is 0 Å². The molecule has 0 amide bonds. The molecule has 1 aromatic heterocycles. The Balaban J connectivity index is 1.44. The Kier molecular flexibility index (Phi) is 7.00. The predicted molar refractivity (Wildman–Crippen MR) is 148 cm³/mol. The zero-order chi connectivity index (χ0) is 24.4. The summed E-state index contributed by atoms with van der Waals surface area (Å²) in [5, 5.41) is 0. The number of fused-ring (bicyclic) bond motifs is 1. The third-order valence-corrected chi connectivity index (χ3v) is 8.03. The molecule has 2 nitrogen and oxygen atoms in total. The number of rotatable bonds is 6. The Morgan fingerprint density at radius 1 is 1.00 bits per heavy atom. The molecule has 0 N–H and O–H groups in total. The van der Waals surface area contributed by atoms with Gasteiger partial charge in [0, 0.05) is 11.8 Å². The van der Waals surface area contributed by atoms with Gasteiger partial charge in [-0.1, -0.05) is 56.7 Å². The molecule has 3 aromatic rings. The maximum Gasteiger partial charge on any atom is 0.0888 e. The van der Waals surface area contributed by atoms with Crippen LogP contribution < -0.4 is 0 Å². The molecule has 0 aliphatic heterocycles. The van der Waals surface area contributed by atoms with E-state index in [2.05, 4.69) is 67.9 Å². The molecule has 0 saturated heterocycles. The Morgan fingerprint density at radius 3 is 2.57 bits per heavy atom. The first-order valence-corrected chi connectivity index (χ1v) is 13.4. The molecule has 35 heavy (non-hydrogen) atoms. The maximum absolute atomic E-state index is 4.74. The van der Waals surface area contributed by atoms with E-state index in [0.29, 0.717) is 0 Å². The van der Waals surface area contributed by atoms with Crippen LogP contribution >= 0.6 is 0 Å². The van der Waals surface area contributed by atoms with Gasteiger partial charge in [0.05, 0.1) is 17.6 Å². The van der Waals surface area contributed by atoms with Crippen molar-refractivity contribution in [3.63, 3.8) is 0 Å². The minimum Gasteiger partial charge on any atom is -0.261 e. The lowest BCUT2D eigenvalue weighted by molar-refractivity contribution is 0.308. The van der Waals surface area contributed by atoms with Crippen LogP contribution in [0, 0.1) is 19.8 Å². The zero-order valence-corrected chi connectivity index (χ0v) is 21.6. The van der Waals surface area contributed by atoms with Crippen LogP contribution in [0.15, 0.2) is 55.4 Å². The summed E-state index contributed by atoms with van der Waals surface area (Å²) < 4.78 is 0. The van der Waals surface area contributed by atoms with E-state index in [4.69, 9.17) is 4.98 Å². The Morgan fingerprint density at radius 2 is 1.83 bits per heavy atom. The lowest BCUT2D eigenvalue weighted by Crippen LogP contribution is -2.14. The first-order valence-electron chi connectivity index (χ1n) is 13.4. The highest BCUT2D eigenvalue weighted by Crippen LogP contribution is 2.39. The van der Waals surface area contributed by atoms with E-state index in [-0.39, 0.29) is 0 Å². The van der Waals surface area contributed by atoms with Crippen LogP contribution in [0.1, 0.15) is 96.9 Å². The van der Waals surface area contributed by atoms with Gasteiger partial charge in [-0.15, -0.1) is 0 Å². The van der Waals surface area contributed by atoms with Crippen molar-refractivity contribution in [3.8, 4) is 11.3 Å². The van der Waals surface area contributed by atoms with Crippen LogP contribution in [0.25, 0.3) is 22.9 Å². The number of benzene rings is 2. The van der Waals surface area contributed by atoms with E-state index in [1.54, 1.807) is 5.56 Å². The second kappa shape index (κ2) is 10.3. The predicted octanol–water partition coefficient (Wildman–Crippen LogP) is 8.86. The fraction of sp³-hybridized carbons (Fsp3) is 0.394. The van der Waals surface area contributed by atoms with E-state index in [0.717, 1.165) is 41.6 Å². The SMILES string of the molecule is C=C1CC=Cc2cc(-c3cncc(C)n3)cc(Cc3ccc(C4CCC(CCC)CC4)c(C)c3)c21. The minimum absolute atomic E-state index is 0.734. The van der Waals surface area contributed by atoms with Crippen LogP contribution in [-0.2, 0) is 6.42 Å². The number of nitrogens with zero attached hydrogens (tertiary/aromatic N) is 2. The van der Waals surface area contributed by atoms with Crippen molar-refractivity contribution in [2.45, 2.75) is 78.1 Å². The topological polar surface area (TPSA) is 25.8 Å². The molecule has 0 atom stereocenters. The van der Waals surface area contributed by atoms with Gasteiger partial charge in [-0.3, -0.25) is 4.98 Å². The third-order valence-electron chi connectivity index (χ3n) is 8.03. The van der Waals surface area contributed by atoms with Crippen molar-refractivity contribution in [2.24, 2.45) is 5.92 Å². The Bertz CT molecular complexity index is 1260. The molecule has 1 heterocycles. The number of allylic oxidation sites excluding steroid dienone is 2. The van der Waals surface area contributed by atoms with Gasteiger partial charge in [-0.2, -0.15) is 0 Å². The second-order valence-corrected chi connectivity index (χ2v) is 10.7. The van der Waals surface area contributed by atoms with Gasteiger partial charge in [0.1, 0.15) is 0 Å². The van der Waals surface area contributed by atoms with Gasteiger partial charge in [0.2, 0.25) is 0 Å². The molecule has 0 bridgehead atoms. The molecule has 2 aliphatic carbocycles. The van der Waals surface area contributed by atoms with E-state index in [1.807, 2.05) is 19.3 Å². The molecular weight excluding hydrogens is 424 g/mol. The summed E-state index contributed by atoms with van der Waals surface area (Å²) in [6, 6.07) is 11.8. The fourth-order valence-electron chi connectivity index (χ4n) is 6.31. The maximum atomic E-state index is 4.74. The minimum atomic E-state index is 0.734. The Hall–Kier alpha value is -3.00. The summed E-state index contributed by atoms with van der Waals surface area (Å²) in [5.41, 5.74) is 12.5. The number of aromatic nitrogens is 2. The van der Waals surface area contributed by atoms with Gasteiger partial charge in [-0.05, 0) is 115 Å². The van der Waals surface area contributed by atoms with Crippen molar-refractivity contribution in [1.29, 1.82) is 0 Å². The summed E-state index contributed by atoms with van der Waals surface area (Å²) in [7, 11) is 0. The highest BCUT2D eigenvalue weighted by molar-refractivity contribution is 5.83. The highest BCUT2D eigenvalue weighted by atomic mass is 14.8. The van der Waals surface area contributed by atoms with Gasteiger partial charge < -0.3 is 0 Å². The Labute approximate surface area is 211 Å². The van der Waals surface area contributed by atoms with Crippen molar-refractivity contribution in [2.75, 3.05) is 0 Å². The monoisotopic (exact) mass is 462 g/mol. The molecule has 2 aliphatic rings. The van der Waals surface area contributed by atoms with Crippen LogP contribution in [0.5, 0.6) is 0 Å². The lowest BCUT2D eigenvalue weighted by Gasteiger charge is -2.29. The first-order chi connectivity index (χ1) is 17.0. The van der Waals surface area contributed by atoms with Crippen LogP contribution in [-0.4, -0.2) is 9.97 Å². The molecular formula is C33H38N2. The number of aryl methyl sites for hydroxylation is 2. The van der Waals surface area contributed by atoms with Crippen LogP contribution in [0.3, 0.4) is 0 Å². The largest absolute Gasteiger partial charge is 0.261 e. The highest BCUT2D eigenvalue weighted by Gasteiger charge is 2.23. The summed E-state index contributed by atoms with van der Waals surface area (Å²) in [4.78, 5) is 9.13. The average molecular weight is 463 g/mol. The second-order valence-electron chi connectivity index (χ2n) is 10.7. The molecule has 180 valence electrons.